The molecule has 0 fully saturated rings. The van der Waals surface area contributed by atoms with Crippen LogP contribution in [0, 0.1) is 20.8 Å². The van der Waals surface area contributed by atoms with Gasteiger partial charge in [0.1, 0.15) is 5.75 Å². The van der Waals surface area contributed by atoms with Crippen LogP contribution in [0.5, 0.6) is 5.75 Å². The molecule has 3 nitrogen and oxygen atoms in total. The summed E-state index contributed by atoms with van der Waals surface area (Å²) in [5, 5.41) is 3.04. The van der Waals surface area contributed by atoms with Gasteiger partial charge in [-0.05, 0) is 57.4 Å². The number of hydrogen-bond donors (Lipinski definition) is 1. The van der Waals surface area contributed by atoms with Crippen LogP contribution in [0.3, 0.4) is 0 Å². The van der Waals surface area contributed by atoms with Crippen molar-refractivity contribution in [3.8, 4) is 5.75 Å². The van der Waals surface area contributed by atoms with E-state index in [1.807, 2.05) is 38.1 Å². The maximum atomic E-state index is 12.4. The summed E-state index contributed by atoms with van der Waals surface area (Å²) >= 11 is 0. The van der Waals surface area contributed by atoms with E-state index in [2.05, 4.69) is 37.4 Å². The molecule has 3 heteroatoms. The molecule has 1 amide bonds. The van der Waals surface area contributed by atoms with E-state index in [1.54, 1.807) is 6.92 Å². The smallest absolute Gasteiger partial charge is 0.261 e. The van der Waals surface area contributed by atoms with Gasteiger partial charge < -0.3 is 10.1 Å². The lowest BCUT2D eigenvalue weighted by atomic mass is 10.00. The van der Waals surface area contributed by atoms with E-state index in [1.165, 1.54) is 11.1 Å². The molecule has 0 aromatic heterocycles. The number of carbonyl (C=O) groups is 1. The first-order valence-electron chi connectivity index (χ1n) is 7.98. The summed E-state index contributed by atoms with van der Waals surface area (Å²) in [5.41, 5.74) is 4.53. The number of benzene rings is 2. The van der Waals surface area contributed by atoms with Crippen LogP contribution in [0.25, 0.3) is 0 Å². The summed E-state index contributed by atoms with van der Waals surface area (Å²) in [5.74, 6) is 0.635. The zero-order valence-corrected chi connectivity index (χ0v) is 14.5. The number of nitrogens with one attached hydrogen (secondary N) is 1. The average molecular weight is 311 g/mol. The van der Waals surface area contributed by atoms with Gasteiger partial charge in [-0.25, -0.2) is 0 Å². The fourth-order valence-electron chi connectivity index (χ4n) is 2.57. The molecule has 0 aliphatic carbocycles. The van der Waals surface area contributed by atoms with Crippen LogP contribution >= 0.6 is 0 Å². The highest BCUT2D eigenvalue weighted by Crippen LogP contribution is 2.20. The molecule has 2 rings (SSSR count). The molecule has 0 spiro atoms. The summed E-state index contributed by atoms with van der Waals surface area (Å²) in [6, 6.07) is 13.9. The van der Waals surface area contributed by atoms with Gasteiger partial charge in [0.05, 0.1) is 6.04 Å². The maximum absolute atomic E-state index is 12.4. The highest BCUT2D eigenvalue weighted by Gasteiger charge is 2.19. The third kappa shape index (κ3) is 4.35. The first-order valence-corrected chi connectivity index (χ1v) is 7.98. The standard InChI is InChI=1S/C20H25NO2/c1-13-10-11-14(2)18(12-13)16(4)21-20(22)17(5)23-19-9-7-6-8-15(19)3/h6-12,16-17H,1-5H3,(H,21,22)/t16-,17+/m1/s1. The second-order valence-electron chi connectivity index (χ2n) is 6.12. The first-order chi connectivity index (χ1) is 10.9. The lowest BCUT2D eigenvalue weighted by molar-refractivity contribution is -0.127. The van der Waals surface area contributed by atoms with Crippen LogP contribution in [-0.4, -0.2) is 12.0 Å². The number of aryl methyl sites for hydroxylation is 3. The lowest BCUT2D eigenvalue weighted by Gasteiger charge is -2.21. The Hall–Kier alpha value is -2.29. The molecular weight excluding hydrogens is 286 g/mol. The number of amides is 1. The van der Waals surface area contributed by atoms with Crippen molar-refractivity contribution in [2.75, 3.05) is 0 Å². The Morgan fingerprint density at radius 3 is 2.39 bits per heavy atom. The Morgan fingerprint density at radius 2 is 1.70 bits per heavy atom. The molecule has 2 atom stereocenters. The Bertz CT molecular complexity index is 694. The van der Waals surface area contributed by atoms with Crippen molar-refractivity contribution in [2.24, 2.45) is 0 Å². The van der Waals surface area contributed by atoms with E-state index in [4.69, 9.17) is 4.74 Å². The molecule has 0 radical (unpaired) electrons. The molecule has 122 valence electrons. The van der Waals surface area contributed by atoms with Gasteiger partial charge >= 0.3 is 0 Å². The summed E-state index contributed by atoms with van der Waals surface area (Å²) in [6.07, 6.45) is -0.538. The molecule has 0 saturated heterocycles. The highest BCUT2D eigenvalue weighted by atomic mass is 16.5. The minimum absolute atomic E-state index is 0.0506. The van der Waals surface area contributed by atoms with E-state index in [0.717, 1.165) is 16.9 Å². The fraction of sp³-hybridized carbons (Fsp3) is 0.350. The molecule has 1 N–H and O–H groups in total. The van der Waals surface area contributed by atoms with Gasteiger partial charge in [-0.2, -0.15) is 0 Å². The summed E-state index contributed by atoms with van der Waals surface area (Å²) < 4.78 is 5.79. The fourth-order valence-corrected chi connectivity index (χ4v) is 2.57. The molecule has 0 unspecified atom stereocenters. The second kappa shape index (κ2) is 7.32. The van der Waals surface area contributed by atoms with Crippen LogP contribution in [0.2, 0.25) is 0 Å². The molecular formula is C20H25NO2. The van der Waals surface area contributed by atoms with Crippen LogP contribution < -0.4 is 10.1 Å². The zero-order chi connectivity index (χ0) is 17.0. The SMILES string of the molecule is Cc1ccc(C)c([C@@H](C)NC(=O)[C@H](C)Oc2ccccc2C)c1. The Kier molecular flexibility index (Phi) is 5.43. The van der Waals surface area contributed by atoms with Crippen molar-refractivity contribution in [3.63, 3.8) is 0 Å². The van der Waals surface area contributed by atoms with Gasteiger partial charge in [-0.15, -0.1) is 0 Å². The Labute approximate surface area is 138 Å². The van der Waals surface area contributed by atoms with E-state index < -0.39 is 6.10 Å². The third-order valence-corrected chi connectivity index (χ3v) is 4.03. The molecule has 0 aliphatic heterocycles. The lowest BCUT2D eigenvalue weighted by Crippen LogP contribution is -2.38. The monoisotopic (exact) mass is 311 g/mol. The first kappa shape index (κ1) is 17.1. The van der Waals surface area contributed by atoms with Gasteiger partial charge in [0.15, 0.2) is 6.10 Å². The maximum Gasteiger partial charge on any atom is 0.261 e. The van der Waals surface area contributed by atoms with E-state index >= 15 is 0 Å². The quantitative estimate of drug-likeness (QED) is 0.896. The predicted molar refractivity (Wildman–Crippen MR) is 93.7 cm³/mol. The molecule has 2 aromatic rings. The molecule has 0 saturated carbocycles. The molecule has 23 heavy (non-hydrogen) atoms. The van der Waals surface area contributed by atoms with Crippen LogP contribution in [0.1, 0.15) is 42.1 Å². The van der Waals surface area contributed by atoms with Crippen molar-refractivity contribution in [1.29, 1.82) is 0 Å². The number of hydrogen-bond acceptors (Lipinski definition) is 2. The summed E-state index contributed by atoms with van der Waals surface area (Å²) in [7, 11) is 0. The Balaban J connectivity index is 2.03. The van der Waals surface area contributed by atoms with E-state index in [-0.39, 0.29) is 11.9 Å². The highest BCUT2D eigenvalue weighted by molar-refractivity contribution is 5.81. The molecule has 0 aliphatic rings. The van der Waals surface area contributed by atoms with Gasteiger partial charge in [0.25, 0.3) is 5.91 Å². The van der Waals surface area contributed by atoms with Crippen LogP contribution in [0.4, 0.5) is 0 Å². The van der Waals surface area contributed by atoms with Crippen molar-refractivity contribution in [1.82, 2.24) is 5.32 Å². The predicted octanol–water partition coefficient (Wildman–Crippen LogP) is 4.26. The minimum atomic E-state index is -0.538. The van der Waals surface area contributed by atoms with Crippen LogP contribution in [-0.2, 0) is 4.79 Å². The normalized spacial score (nSPS) is 13.3. The topological polar surface area (TPSA) is 38.3 Å². The van der Waals surface area contributed by atoms with Crippen molar-refractivity contribution in [3.05, 3.63) is 64.7 Å². The number of carbonyl (C=O) groups excluding carboxylic acids is 1. The van der Waals surface area contributed by atoms with Gasteiger partial charge in [0.2, 0.25) is 0 Å². The van der Waals surface area contributed by atoms with Crippen LogP contribution in [0.15, 0.2) is 42.5 Å². The van der Waals surface area contributed by atoms with E-state index in [0.29, 0.717) is 0 Å². The van der Waals surface area contributed by atoms with Gasteiger partial charge in [-0.1, -0.05) is 42.0 Å². The summed E-state index contributed by atoms with van der Waals surface area (Å²) in [4.78, 5) is 12.4. The summed E-state index contributed by atoms with van der Waals surface area (Å²) in [6.45, 7) is 9.86. The Morgan fingerprint density at radius 1 is 1.00 bits per heavy atom. The molecule has 0 heterocycles. The third-order valence-electron chi connectivity index (χ3n) is 4.03. The van der Waals surface area contributed by atoms with Gasteiger partial charge in [-0.3, -0.25) is 4.79 Å². The molecule has 0 bridgehead atoms. The average Bonchev–Trinajstić information content (AvgIpc) is 2.51. The second-order valence-corrected chi connectivity index (χ2v) is 6.12. The van der Waals surface area contributed by atoms with Crippen molar-refractivity contribution < 1.29 is 9.53 Å². The largest absolute Gasteiger partial charge is 0.481 e. The van der Waals surface area contributed by atoms with Crippen molar-refractivity contribution in [2.45, 2.75) is 46.8 Å². The van der Waals surface area contributed by atoms with Gasteiger partial charge in [0, 0.05) is 0 Å². The number of rotatable bonds is 5. The minimum Gasteiger partial charge on any atom is -0.481 e. The van der Waals surface area contributed by atoms with Crippen molar-refractivity contribution >= 4 is 5.91 Å². The number of ether oxygens (including phenoxy) is 1. The molecule has 2 aromatic carbocycles. The zero-order valence-electron chi connectivity index (χ0n) is 14.5. The van der Waals surface area contributed by atoms with E-state index in [9.17, 15) is 4.79 Å². The number of para-hydroxylation sites is 1.